The number of hydrogen-bond donors (Lipinski definition) is 1. The highest BCUT2D eigenvalue weighted by Crippen LogP contribution is 2.40. The van der Waals surface area contributed by atoms with E-state index in [1.54, 1.807) is 0 Å². The predicted molar refractivity (Wildman–Crippen MR) is 83.7 cm³/mol. The number of fused-ring (bicyclic) bond motifs is 1. The molecule has 1 unspecified atom stereocenters. The summed E-state index contributed by atoms with van der Waals surface area (Å²) in [7, 11) is 0. The summed E-state index contributed by atoms with van der Waals surface area (Å²) in [4.78, 5) is 0. The molecule has 0 saturated carbocycles. The molecule has 1 aliphatic carbocycles. The second-order valence-electron chi connectivity index (χ2n) is 6.98. The van der Waals surface area contributed by atoms with E-state index in [1.807, 2.05) is 0 Å². The molecule has 0 fully saturated rings. The molecule has 106 valence electrons. The monoisotopic (exact) mass is 268 g/mol. The Morgan fingerprint density at radius 2 is 1.90 bits per heavy atom. The zero-order valence-corrected chi connectivity index (χ0v) is 12.7. The summed E-state index contributed by atoms with van der Waals surface area (Å²) >= 11 is 0. The minimum absolute atomic E-state index is 0.188. The lowest BCUT2D eigenvalue weighted by Gasteiger charge is -2.34. The maximum Gasteiger partial charge on any atom is 0.0472 e. The van der Waals surface area contributed by atoms with Gasteiger partial charge in [-0.15, -0.1) is 0 Å². The van der Waals surface area contributed by atoms with E-state index in [9.17, 15) is 0 Å². The van der Waals surface area contributed by atoms with Crippen molar-refractivity contribution < 1.29 is 0 Å². The highest BCUT2D eigenvalue weighted by molar-refractivity contribution is 5.31. The van der Waals surface area contributed by atoms with Crippen LogP contribution in [0, 0.1) is 12.3 Å². The van der Waals surface area contributed by atoms with Crippen molar-refractivity contribution in [2.24, 2.45) is 11.1 Å². The van der Waals surface area contributed by atoms with Crippen LogP contribution >= 0.6 is 0 Å². The second-order valence-corrected chi connectivity index (χ2v) is 6.98. The quantitative estimate of drug-likeness (QED) is 0.882. The first-order chi connectivity index (χ1) is 9.44. The van der Waals surface area contributed by atoms with Crippen molar-refractivity contribution in [2.75, 3.05) is 0 Å². The van der Waals surface area contributed by atoms with Gasteiger partial charge in [0.1, 0.15) is 0 Å². The minimum Gasteiger partial charge on any atom is -0.347 e. The van der Waals surface area contributed by atoms with Gasteiger partial charge < -0.3 is 10.3 Å². The van der Waals surface area contributed by atoms with Crippen molar-refractivity contribution in [1.82, 2.24) is 4.57 Å². The molecule has 1 atom stereocenters. The molecule has 2 nitrogen and oxygen atoms in total. The number of aryl methyl sites for hydroxylation is 1. The maximum absolute atomic E-state index is 6.34. The van der Waals surface area contributed by atoms with Gasteiger partial charge in [0.25, 0.3) is 0 Å². The Labute approximate surface area is 121 Å². The van der Waals surface area contributed by atoms with E-state index >= 15 is 0 Å². The van der Waals surface area contributed by atoms with Crippen LogP contribution in [-0.2, 0) is 13.0 Å². The molecule has 1 aliphatic rings. The van der Waals surface area contributed by atoms with Gasteiger partial charge in [0.05, 0.1) is 0 Å². The molecule has 2 N–H and O–H groups in total. The Bertz CT molecular complexity index is 605. The van der Waals surface area contributed by atoms with Crippen LogP contribution in [0.2, 0.25) is 0 Å². The van der Waals surface area contributed by atoms with Gasteiger partial charge in [0, 0.05) is 24.5 Å². The largest absolute Gasteiger partial charge is 0.347 e. The first-order valence-corrected chi connectivity index (χ1v) is 7.44. The van der Waals surface area contributed by atoms with Crippen molar-refractivity contribution in [3.8, 4) is 0 Å². The van der Waals surface area contributed by atoms with Crippen molar-refractivity contribution in [2.45, 2.75) is 46.2 Å². The van der Waals surface area contributed by atoms with Crippen LogP contribution in [0.3, 0.4) is 0 Å². The maximum atomic E-state index is 6.34. The summed E-state index contributed by atoms with van der Waals surface area (Å²) in [6.45, 7) is 7.71. The van der Waals surface area contributed by atoms with E-state index in [0.29, 0.717) is 5.41 Å². The van der Waals surface area contributed by atoms with Crippen LogP contribution in [-0.4, -0.2) is 4.57 Å². The molecule has 0 bridgehead atoms. The van der Waals surface area contributed by atoms with E-state index in [-0.39, 0.29) is 6.04 Å². The Kier molecular flexibility index (Phi) is 3.21. The Morgan fingerprint density at radius 3 is 2.60 bits per heavy atom. The van der Waals surface area contributed by atoms with Gasteiger partial charge in [-0.05, 0) is 42.4 Å². The third-order valence-corrected chi connectivity index (χ3v) is 4.41. The van der Waals surface area contributed by atoms with Crippen LogP contribution in [0.1, 0.15) is 48.7 Å². The second kappa shape index (κ2) is 4.78. The number of hydrogen-bond acceptors (Lipinski definition) is 1. The summed E-state index contributed by atoms with van der Waals surface area (Å²) in [5.41, 5.74) is 12.1. The predicted octanol–water partition coefficient (Wildman–Crippen LogP) is 3.82. The number of nitrogens with two attached hydrogens (primary N) is 1. The number of nitrogens with zero attached hydrogens (tertiary/aromatic N) is 1. The van der Waals surface area contributed by atoms with E-state index in [1.165, 1.54) is 22.4 Å². The highest BCUT2D eigenvalue weighted by Gasteiger charge is 2.32. The normalized spacial score (nSPS) is 20.7. The fourth-order valence-corrected chi connectivity index (χ4v) is 3.33. The molecule has 0 aliphatic heterocycles. The first kappa shape index (κ1) is 13.4. The zero-order chi connectivity index (χ0) is 14.3. The summed E-state index contributed by atoms with van der Waals surface area (Å²) in [5.74, 6) is 0. The molecule has 0 spiro atoms. The molecule has 3 rings (SSSR count). The SMILES string of the molecule is Cc1ccc(Cn2ccc3c2CC(C)(C)CC3N)cc1. The third kappa shape index (κ3) is 2.53. The number of rotatable bonds is 2. The average molecular weight is 268 g/mol. The van der Waals surface area contributed by atoms with Crippen LogP contribution in [0.25, 0.3) is 0 Å². The molecule has 1 heterocycles. The summed E-state index contributed by atoms with van der Waals surface area (Å²) in [6, 6.07) is 11.2. The van der Waals surface area contributed by atoms with Crippen LogP contribution in [0.15, 0.2) is 36.5 Å². The number of aromatic nitrogens is 1. The molecular formula is C18H24N2. The highest BCUT2D eigenvalue weighted by atomic mass is 15.0. The fraction of sp³-hybridized carbons (Fsp3) is 0.444. The Balaban J connectivity index is 1.91. The summed E-state index contributed by atoms with van der Waals surface area (Å²) in [5, 5.41) is 0. The van der Waals surface area contributed by atoms with Gasteiger partial charge >= 0.3 is 0 Å². The van der Waals surface area contributed by atoms with Gasteiger partial charge in [-0.1, -0.05) is 43.7 Å². The first-order valence-electron chi connectivity index (χ1n) is 7.44. The molecular weight excluding hydrogens is 244 g/mol. The summed E-state index contributed by atoms with van der Waals surface area (Å²) in [6.07, 6.45) is 4.40. The van der Waals surface area contributed by atoms with Crippen LogP contribution in [0.5, 0.6) is 0 Å². The van der Waals surface area contributed by atoms with Crippen molar-refractivity contribution in [3.05, 3.63) is 58.9 Å². The smallest absolute Gasteiger partial charge is 0.0472 e. The van der Waals surface area contributed by atoms with E-state index in [0.717, 1.165) is 19.4 Å². The molecule has 0 radical (unpaired) electrons. The number of benzene rings is 1. The van der Waals surface area contributed by atoms with Gasteiger partial charge in [0.2, 0.25) is 0 Å². The average Bonchev–Trinajstić information content (AvgIpc) is 2.74. The van der Waals surface area contributed by atoms with Crippen LogP contribution < -0.4 is 5.73 Å². The lowest BCUT2D eigenvalue weighted by atomic mass is 9.74. The topological polar surface area (TPSA) is 30.9 Å². The molecule has 2 aromatic rings. The molecule has 20 heavy (non-hydrogen) atoms. The van der Waals surface area contributed by atoms with Crippen LogP contribution in [0.4, 0.5) is 0 Å². The summed E-state index contributed by atoms with van der Waals surface area (Å²) < 4.78 is 2.38. The molecule has 0 saturated heterocycles. The minimum atomic E-state index is 0.188. The van der Waals surface area contributed by atoms with Gasteiger partial charge in [-0.3, -0.25) is 0 Å². The fourth-order valence-electron chi connectivity index (χ4n) is 3.33. The standard InChI is InChI=1S/C18H24N2/c1-13-4-6-14(7-5-13)12-20-9-8-15-16(19)10-18(2,3)11-17(15)20/h4-9,16H,10-12,19H2,1-3H3. The molecule has 1 aromatic heterocycles. The Morgan fingerprint density at radius 1 is 1.20 bits per heavy atom. The molecule has 1 aromatic carbocycles. The van der Waals surface area contributed by atoms with Crippen molar-refractivity contribution >= 4 is 0 Å². The van der Waals surface area contributed by atoms with Crippen molar-refractivity contribution in [3.63, 3.8) is 0 Å². The Hall–Kier alpha value is -1.54. The van der Waals surface area contributed by atoms with Gasteiger partial charge in [-0.2, -0.15) is 0 Å². The lowest BCUT2D eigenvalue weighted by Crippen LogP contribution is -2.30. The van der Waals surface area contributed by atoms with E-state index < -0.39 is 0 Å². The molecule has 2 heteroatoms. The lowest BCUT2D eigenvalue weighted by molar-refractivity contribution is 0.276. The van der Waals surface area contributed by atoms with Crippen molar-refractivity contribution in [1.29, 1.82) is 0 Å². The van der Waals surface area contributed by atoms with Gasteiger partial charge in [0.15, 0.2) is 0 Å². The zero-order valence-electron chi connectivity index (χ0n) is 12.7. The molecule has 0 amide bonds. The van der Waals surface area contributed by atoms with E-state index in [2.05, 4.69) is 61.9 Å². The van der Waals surface area contributed by atoms with Gasteiger partial charge in [-0.25, -0.2) is 0 Å². The van der Waals surface area contributed by atoms with E-state index in [4.69, 9.17) is 5.73 Å². The third-order valence-electron chi connectivity index (χ3n) is 4.41.